The molecular weight excluding hydrogens is 321 g/mol. The van der Waals surface area contributed by atoms with Crippen molar-refractivity contribution in [2.75, 3.05) is 13.3 Å². The van der Waals surface area contributed by atoms with Gasteiger partial charge in [-0.25, -0.2) is 4.39 Å². The van der Waals surface area contributed by atoms with Gasteiger partial charge in [0.2, 0.25) is 0 Å². The number of aliphatic imine (C=N–C) groups is 1. The molecule has 4 heteroatoms. The number of hydrogen-bond acceptors (Lipinski definition) is 3. The van der Waals surface area contributed by atoms with E-state index in [0.717, 1.165) is 12.8 Å². The number of thioether (sulfide) groups is 1. The van der Waals surface area contributed by atoms with E-state index in [0.29, 0.717) is 5.56 Å². The van der Waals surface area contributed by atoms with Crippen molar-refractivity contribution in [1.29, 1.82) is 0 Å². The molecule has 2 rings (SSSR count). The number of halogens is 1. The predicted molar refractivity (Wildman–Crippen MR) is 102 cm³/mol. The maximum absolute atomic E-state index is 12.4. The average molecular weight is 345 g/mol. The zero-order valence-electron chi connectivity index (χ0n) is 14.7. The van der Waals surface area contributed by atoms with E-state index in [-0.39, 0.29) is 11.6 Å². The molecule has 0 amide bonds. The number of benzene rings is 2. The van der Waals surface area contributed by atoms with Crippen LogP contribution in [0.4, 0.5) is 4.39 Å². The van der Waals surface area contributed by atoms with Crippen molar-refractivity contribution >= 4 is 23.3 Å². The Morgan fingerprint density at radius 1 is 1.12 bits per heavy atom. The number of rotatable bonds is 5. The summed E-state index contributed by atoms with van der Waals surface area (Å²) in [5, 5.41) is 0. The van der Waals surface area contributed by atoms with Crippen LogP contribution in [0.15, 0.2) is 58.4 Å². The molecule has 0 fully saturated rings. The average Bonchev–Trinajstić information content (AvgIpc) is 2.60. The van der Waals surface area contributed by atoms with Crippen molar-refractivity contribution in [2.24, 2.45) is 4.99 Å². The molecule has 0 aliphatic heterocycles. The summed E-state index contributed by atoms with van der Waals surface area (Å²) < 4.78 is 12.4. The molecule has 2 aromatic carbocycles. The summed E-state index contributed by atoms with van der Waals surface area (Å²) in [5.74, 6) is -0.479. The van der Waals surface area contributed by atoms with Crippen LogP contribution in [0.25, 0.3) is 0 Å². The Balaban J connectivity index is 0.000000254. The smallest absolute Gasteiger partial charge is 0.159 e. The minimum absolute atomic E-state index is 0.112. The lowest BCUT2D eigenvalue weighted by atomic mass is 10.1. The molecule has 0 bridgehead atoms. The van der Waals surface area contributed by atoms with Crippen molar-refractivity contribution in [2.45, 2.75) is 31.6 Å². The molecule has 0 saturated heterocycles. The van der Waals surface area contributed by atoms with Gasteiger partial charge in [0.1, 0.15) is 5.82 Å². The monoisotopic (exact) mass is 345 g/mol. The Bertz CT molecular complexity index is 680. The molecular formula is C20H24FNOS. The standard InChI is InChI=1S/C12H17NS.C8H7FO/c1-4-5-12(13-2)10-6-8-11(14-3)9-7-10;1-6(10)7-3-2-4-8(9)5-7/h6-9H,4-5H2,1-3H3;2-5H,1H3. The largest absolute Gasteiger partial charge is 0.295 e. The molecule has 0 aromatic heterocycles. The summed E-state index contributed by atoms with van der Waals surface area (Å²) in [5.41, 5.74) is 2.88. The van der Waals surface area contributed by atoms with Gasteiger partial charge in [0, 0.05) is 23.2 Å². The van der Waals surface area contributed by atoms with Crippen molar-refractivity contribution in [3.63, 3.8) is 0 Å². The van der Waals surface area contributed by atoms with E-state index in [9.17, 15) is 9.18 Å². The van der Waals surface area contributed by atoms with E-state index >= 15 is 0 Å². The molecule has 0 unspecified atom stereocenters. The Morgan fingerprint density at radius 3 is 2.21 bits per heavy atom. The second-order valence-corrected chi connectivity index (χ2v) is 6.09. The minimum atomic E-state index is -0.368. The maximum atomic E-state index is 12.4. The zero-order valence-corrected chi connectivity index (χ0v) is 15.5. The highest BCUT2D eigenvalue weighted by Crippen LogP contribution is 2.16. The van der Waals surface area contributed by atoms with Crippen molar-refractivity contribution in [1.82, 2.24) is 0 Å². The Kier molecular flexibility index (Phi) is 9.02. The highest BCUT2D eigenvalue weighted by molar-refractivity contribution is 7.98. The first-order valence-corrected chi connectivity index (χ1v) is 9.10. The first kappa shape index (κ1) is 20.1. The highest BCUT2D eigenvalue weighted by atomic mass is 32.2. The molecule has 0 aliphatic carbocycles. The highest BCUT2D eigenvalue weighted by Gasteiger charge is 2.01. The normalized spacial score (nSPS) is 10.8. The van der Waals surface area contributed by atoms with Gasteiger partial charge in [-0.1, -0.05) is 37.6 Å². The van der Waals surface area contributed by atoms with Gasteiger partial charge in [0.25, 0.3) is 0 Å². The Morgan fingerprint density at radius 2 is 1.79 bits per heavy atom. The SMILES string of the molecule is CC(=O)c1cccc(F)c1.CCCC(=NC)c1ccc(SC)cc1. The molecule has 0 N–H and O–H groups in total. The quantitative estimate of drug-likeness (QED) is 0.398. The topological polar surface area (TPSA) is 29.4 Å². The fourth-order valence-corrected chi connectivity index (χ4v) is 2.52. The molecule has 0 atom stereocenters. The van der Waals surface area contributed by atoms with Gasteiger partial charge in [0.15, 0.2) is 5.78 Å². The van der Waals surface area contributed by atoms with E-state index in [1.807, 2.05) is 7.05 Å². The minimum Gasteiger partial charge on any atom is -0.295 e. The number of ketones is 1. The van der Waals surface area contributed by atoms with Crippen molar-refractivity contribution in [3.8, 4) is 0 Å². The number of carbonyl (C=O) groups is 1. The lowest BCUT2D eigenvalue weighted by molar-refractivity contribution is 0.101. The van der Waals surface area contributed by atoms with Crippen LogP contribution in [-0.2, 0) is 0 Å². The van der Waals surface area contributed by atoms with Crippen LogP contribution in [0.1, 0.15) is 42.6 Å². The van der Waals surface area contributed by atoms with Gasteiger partial charge in [-0.05, 0) is 49.4 Å². The van der Waals surface area contributed by atoms with Crippen LogP contribution >= 0.6 is 11.8 Å². The van der Waals surface area contributed by atoms with E-state index in [1.165, 1.54) is 41.3 Å². The second kappa shape index (κ2) is 10.8. The van der Waals surface area contributed by atoms with Crippen LogP contribution in [-0.4, -0.2) is 24.8 Å². The molecule has 2 aromatic rings. The van der Waals surface area contributed by atoms with Crippen LogP contribution in [0, 0.1) is 5.82 Å². The number of hydrogen-bond donors (Lipinski definition) is 0. The fraction of sp³-hybridized carbons (Fsp3) is 0.300. The summed E-state index contributed by atoms with van der Waals surface area (Å²) in [6.45, 7) is 3.59. The molecule has 128 valence electrons. The Labute approximate surface area is 148 Å². The summed E-state index contributed by atoms with van der Waals surface area (Å²) in [6, 6.07) is 14.3. The van der Waals surface area contributed by atoms with Crippen LogP contribution in [0.2, 0.25) is 0 Å². The molecule has 0 spiro atoms. The summed E-state index contributed by atoms with van der Waals surface area (Å²) in [7, 11) is 1.87. The predicted octanol–water partition coefficient (Wildman–Crippen LogP) is 5.66. The molecule has 2 nitrogen and oxygen atoms in total. The van der Waals surface area contributed by atoms with E-state index in [4.69, 9.17) is 0 Å². The summed E-state index contributed by atoms with van der Waals surface area (Å²) >= 11 is 1.77. The van der Waals surface area contributed by atoms with Gasteiger partial charge >= 0.3 is 0 Å². The van der Waals surface area contributed by atoms with Gasteiger partial charge in [-0.15, -0.1) is 11.8 Å². The van der Waals surface area contributed by atoms with Crippen LogP contribution in [0.3, 0.4) is 0 Å². The number of carbonyl (C=O) groups excluding carboxylic acids is 1. The molecule has 0 saturated carbocycles. The van der Waals surface area contributed by atoms with E-state index in [2.05, 4.69) is 42.4 Å². The van der Waals surface area contributed by atoms with Crippen molar-refractivity contribution in [3.05, 3.63) is 65.5 Å². The van der Waals surface area contributed by atoms with Crippen molar-refractivity contribution < 1.29 is 9.18 Å². The number of Topliss-reactive ketones (excluding diaryl/α,β-unsaturated/α-hetero) is 1. The van der Waals surface area contributed by atoms with Gasteiger partial charge in [-0.2, -0.15) is 0 Å². The number of nitrogens with zero attached hydrogens (tertiary/aromatic N) is 1. The maximum Gasteiger partial charge on any atom is 0.159 e. The Hall–Kier alpha value is -1.94. The van der Waals surface area contributed by atoms with E-state index < -0.39 is 0 Å². The molecule has 0 aliphatic rings. The van der Waals surface area contributed by atoms with Crippen LogP contribution in [0.5, 0.6) is 0 Å². The lowest BCUT2D eigenvalue weighted by Gasteiger charge is -2.04. The third-order valence-corrected chi connectivity index (χ3v) is 4.15. The van der Waals surface area contributed by atoms with Crippen LogP contribution < -0.4 is 0 Å². The second-order valence-electron chi connectivity index (χ2n) is 5.22. The third-order valence-electron chi connectivity index (χ3n) is 3.41. The first-order valence-electron chi connectivity index (χ1n) is 7.88. The van der Waals surface area contributed by atoms with E-state index in [1.54, 1.807) is 17.8 Å². The third kappa shape index (κ3) is 6.67. The fourth-order valence-electron chi connectivity index (χ4n) is 2.11. The molecule has 0 heterocycles. The molecule has 24 heavy (non-hydrogen) atoms. The summed E-state index contributed by atoms with van der Waals surface area (Å²) in [6.07, 6.45) is 4.31. The lowest BCUT2D eigenvalue weighted by Crippen LogP contribution is -1.99. The first-order chi connectivity index (χ1) is 11.5. The van der Waals surface area contributed by atoms with Gasteiger partial charge < -0.3 is 0 Å². The summed E-state index contributed by atoms with van der Waals surface area (Å²) in [4.78, 5) is 16.3. The van der Waals surface area contributed by atoms with Gasteiger partial charge in [0.05, 0.1) is 0 Å². The van der Waals surface area contributed by atoms with Gasteiger partial charge in [-0.3, -0.25) is 9.79 Å². The zero-order chi connectivity index (χ0) is 17.9. The molecule has 0 radical (unpaired) electrons.